The van der Waals surface area contributed by atoms with Gasteiger partial charge in [0.2, 0.25) is 0 Å². The van der Waals surface area contributed by atoms with E-state index in [1.165, 1.54) is 0 Å². The Balaban J connectivity index is 2.32. The molecule has 0 bridgehead atoms. The summed E-state index contributed by atoms with van der Waals surface area (Å²) in [6.45, 7) is 1.88. The fourth-order valence-electron chi connectivity index (χ4n) is 2.37. The first-order chi connectivity index (χ1) is 8.10. The van der Waals surface area contributed by atoms with E-state index in [-0.39, 0.29) is 0 Å². The molecule has 0 spiro atoms. The number of fused-ring (bicyclic) bond motifs is 1. The van der Waals surface area contributed by atoms with Gasteiger partial charge in [0.25, 0.3) is 0 Å². The first-order valence-corrected chi connectivity index (χ1v) is 5.62. The van der Waals surface area contributed by atoms with Gasteiger partial charge in [-0.05, 0) is 13.0 Å². The molecule has 17 heavy (non-hydrogen) atoms. The number of aliphatic hydroxyl groups is 1. The van der Waals surface area contributed by atoms with Crippen LogP contribution < -0.4 is 4.74 Å². The van der Waals surface area contributed by atoms with Crippen LogP contribution in [0, 0.1) is 0 Å². The number of rotatable bonds is 3. The molecule has 0 saturated heterocycles. The van der Waals surface area contributed by atoms with Crippen LogP contribution in [0.5, 0.6) is 5.75 Å². The molecule has 2 atom stereocenters. The third-order valence-electron chi connectivity index (χ3n) is 3.15. The third kappa shape index (κ3) is 2.16. The Morgan fingerprint density at radius 3 is 2.65 bits per heavy atom. The Kier molecular flexibility index (Phi) is 3.38. The highest BCUT2D eigenvalue weighted by molar-refractivity contribution is 5.37. The molecule has 1 heterocycles. The maximum Gasteiger partial charge on any atom is 0.196 e. The maximum absolute atomic E-state index is 10.1. The SMILES string of the molecule is COC(OC)[C@]1(C)C[C@H](O)c2ccccc2O1. The highest BCUT2D eigenvalue weighted by Gasteiger charge is 2.43. The van der Waals surface area contributed by atoms with Crippen molar-refractivity contribution in [2.45, 2.75) is 31.3 Å². The molecule has 1 N–H and O–H groups in total. The zero-order valence-electron chi connectivity index (χ0n) is 10.3. The molecule has 94 valence electrons. The maximum atomic E-state index is 10.1. The van der Waals surface area contributed by atoms with Crippen molar-refractivity contribution in [1.29, 1.82) is 0 Å². The van der Waals surface area contributed by atoms with E-state index in [2.05, 4.69) is 0 Å². The molecule has 4 heteroatoms. The average molecular weight is 238 g/mol. The van der Waals surface area contributed by atoms with Gasteiger partial charge >= 0.3 is 0 Å². The zero-order valence-corrected chi connectivity index (χ0v) is 10.3. The highest BCUT2D eigenvalue weighted by atomic mass is 16.7. The molecule has 0 amide bonds. The van der Waals surface area contributed by atoms with Crippen molar-refractivity contribution in [3.05, 3.63) is 29.8 Å². The van der Waals surface area contributed by atoms with Gasteiger partial charge in [-0.15, -0.1) is 0 Å². The quantitative estimate of drug-likeness (QED) is 0.817. The topological polar surface area (TPSA) is 47.9 Å². The first kappa shape index (κ1) is 12.4. The van der Waals surface area contributed by atoms with Crippen molar-refractivity contribution >= 4 is 0 Å². The lowest BCUT2D eigenvalue weighted by atomic mass is 9.89. The molecule has 1 aliphatic rings. The second kappa shape index (κ2) is 4.64. The van der Waals surface area contributed by atoms with E-state index in [4.69, 9.17) is 14.2 Å². The van der Waals surface area contributed by atoms with Gasteiger partial charge < -0.3 is 19.3 Å². The molecule has 0 unspecified atom stereocenters. The summed E-state index contributed by atoms with van der Waals surface area (Å²) < 4.78 is 16.4. The van der Waals surface area contributed by atoms with Crippen LogP contribution >= 0.6 is 0 Å². The Morgan fingerprint density at radius 2 is 2.00 bits per heavy atom. The average Bonchev–Trinajstić information content (AvgIpc) is 2.30. The number of benzene rings is 1. The molecule has 0 fully saturated rings. The minimum absolute atomic E-state index is 0.441. The molecule has 2 rings (SSSR count). The van der Waals surface area contributed by atoms with Gasteiger partial charge in [0.05, 0.1) is 6.10 Å². The van der Waals surface area contributed by atoms with Crippen LogP contribution in [0.3, 0.4) is 0 Å². The van der Waals surface area contributed by atoms with Crippen LogP contribution in [0.2, 0.25) is 0 Å². The Labute approximate surface area is 101 Å². The molecule has 0 aromatic heterocycles. The predicted octanol–water partition coefficient (Wildman–Crippen LogP) is 1.88. The summed E-state index contributed by atoms with van der Waals surface area (Å²) >= 11 is 0. The number of hydrogen-bond donors (Lipinski definition) is 1. The smallest absolute Gasteiger partial charge is 0.196 e. The van der Waals surface area contributed by atoms with Crippen molar-refractivity contribution in [2.75, 3.05) is 14.2 Å². The zero-order chi connectivity index (χ0) is 12.5. The van der Waals surface area contributed by atoms with Gasteiger partial charge in [-0.25, -0.2) is 0 Å². The van der Waals surface area contributed by atoms with Gasteiger partial charge in [0.1, 0.15) is 5.75 Å². The molecule has 1 aliphatic heterocycles. The van der Waals surface area contributed by atoms with E-state index in [9.17, 15) is 5.11 Å². The minimum Gasteiger partial charge on any atom is -0.482 e. The van der Waals surface area contributed by atoms with Gasteiger partial charge in [-0.3, -0.25) is 0 Å². The fourth-order valence-corrected chi connectivity index (χ4v) is 2.37. The molecule has 0 radical (unpaired) electrons. The summed E-state index contributed by atoms with van der Waals surface area (Å²) in [5, 5.41) is 10.1. The van der Waals surface area contributed by atoms with Crippen LogP contribution in [0.25, 0.3) is 0 Å². The first-order valence-electron chi connectivity index (χ1n) is 5.62. The lowest BCUT2D eigenvalue weighted by Crippen LogP contribution is -2.50. The van der Waals surface area contributed by atoms with Crippen molar-refractivity contribution < 1.29 is 19.3 Å². The molecule has 4 nitrogen and oxygen atoms in total. The summed E-state index contributed by atoms with van der Waals surface area (Å²) in [7, 11) is 3.13. The predicted molar refractivity (Wildman–Crippen MR) is 62.9 cm³/mol. The second-order valence-corrected chi connectivity index (χ2v) is 4.48. The number of methoxy groups -OCH3 is 2. The van der Waals surface area contributed by atoms with Gasteiger partial charge in [-0.1, -0.05) is 18.2 Å². The highest BCUT2D eigenvalue weighted by Crippen LogP contribution is 2.41. The molecule has 1 aromatic rings. The van der Waals surface area contributed by atoms with E-state index >= 15 is 0 Å². The number of ether oxygens (including phenoxy) is 3. The van der Waals surface area contributed by atoms with Crippen LogP contribution in [0.4, 0.5) is 0 Å². The molecular formula is C13H18O4. The number of para-hydroxylation sites is 1. The fraction of sp³-hybridized carbons (Fsp3) is 0.538. The van der Waals surface area contributed by atoms with Gasteiger partial charge in [-0.2, -0.15) is 0 Å². The second-order valence-electron chi connectivity index (χ2n) is 4.48. The monoisotopic (exact) mass is 238 g/mol. The molecule has 1 aromatic carbocycles. The van der Waals surface area contributed by atoms with Crippen molar-refractivity contribution in [3.63, 3.8) is 0 Å². The largest absolute Gasteiger partial charge is 0.482 e. The summed E-state index contributed by atoms with van der Waals surface area (Å²) in [5.41, 5.74) is 0.132. The summed E-state index contributed by atoms with van der Waals surface area (Å²) in [5.74, 6) is 0.688. The number of aliphatic hydroxyl groups excluding tert-OH is 1. The summed E-state index contributed by atoms with van der Waals surface area (Å²) in [6, 6.07) is 7.48. The van der Waals surface area contributed by atoms with E-state index in [0.717, 1.165) is 5.56 Å². The molecule has 0 saturated carbocycles. The summed E-state index contributed by atoms with van der Waals surface area (Å²) in [4.78, 5) is 0. The Morgan fingerprint density at radius 1 is 1.35 bits per heavy atom. The van der Waals surface area contributed by atoms with E-state index in [1.54, 1.807) is 14.2 Å². The normalized spacial score (nSPS) is 27.7. The van der Waals surface area contributed by atoms with Crippen molar-refractivity contribution in [3.8, 4) is 5.75 Å². The summed E-state index contributed by atoms with van der Waals surface area (Å²) in [6.07, 6.45) is -0.626. The lowest BCUT2D eigenvalue weighted by molar-refractivity contribution is -0.212. The minimum atomic E-state index is -0.683. The molecule has 0 aliphatic carbocycles. The Bertz CT molecular complexity index is 389. The van der Waals surface area contributed by atoms with E-state index in [0.29, 0.717) is 12.2 Å². The lowest BCUT2D eigenvalue weighted by Gasteiger charge is -2.41. The van der Waals surface area contributed by atoms with Crippen LogP contribution in [0.15, 0.2) is 24.3 Å². The van der Waals surface area contributed by atoms with Crippen LogP contribution in [-0.2, 0) is 9.47 Å². The Hall–Kier alpha value is -1.10. The van der Waals surface area contributed by atoms with Crippen LogP contribution in [-0.4, -0.2) is 31.2 Å². The number of hydrogen-bond acceptors (Lipinski definition) is 4. The third-order valence-corrected chi connectivity index (χ3v) is 3.15. The van der Waals surface area contributed by atoms with Crippen molar-refractivity contribution in [1.82, 2.24) is 0 Å². The standard InChI is InChI=1S/C13H18O4/c1-13(12(15-2)16-3)8-10(14)9-6-4-5-7-11(9)17-13/h4-7,10,12,14H,8H2,1-3H3/t10-,13-/m0/s1. The van der Waals surface area contributed by atoms with E-state index in [1.807, 2.05) is 31.2 Å². The van der Waals surface area contributed by atoms with Crippen molar-refractivity contribution in [2.24, 2.45) is 0 Å². The molecular weight excluding hydrogens is 220 g/mol. The van der Waals surface area contributed by atoms with Gasteiger partial charge in [0, 0.05) is 26.2 Å². The van der Waals surface area contributed by atoms with Crippen LogP contribution in [0.1, 0.15) is 25.0 Å². The van der Waals surface area contributed by atoms with E-state index < -0.39 is 18.0 Å². The van der Waals surface area contributed by atoms with Gasteiger partial charge in [0.15, 0.2) is 11.9 Å².